The van der Waals surface area contributed by atoms with Crippen LogP contribution < -0.4 is 15.8 Å². The first-order chi connectivity index (χ1) is 9.42. The Kier molecular flexibility index (Phi) is 3.72. The molecule has 0 aliphatic heterocycles. The Morgan fingerprint density at radius 3 is 2.45 bits per heavy atom. The molecule has 0 saturated heterocycles. The lowest BCUT2D eigenvalue weighted by Crippen LogP contribution is -2.18. The normalized spacial score (nSPS) is 11.2. The van der Waals surface area contributed by atoms with Crippen molar-refractivity contribution in [1.29, 1.82) is 0 Å². The van der Waals surface area contributed by atoms with Crippen molar-refractivity contribution < 1.29 is 13.5 Å². The summed E-state index contributed by atoms with van der Waals surface area (Å²) < 4.78 is 25.3. The van der Waals surface area contributed by atoms with Gasteiger partial charge >= 0.3 is 0 Å². The van der Waals surface area contributed by atoms with Gasteiger partial charge in [-0.25, -0.2) is 18.1 Å². The lowest BCUT2D eigenvalue weighted by molar-refractivity contribution is 0.456. The van der Waals surface area contributed by atoms with Gasteiger partial charge in [-0.3, -0.25) is 0 Å². The van der Waals surface area contributed by atoms with Crippen molar-refractivity contribution in [3.05, 3.63) is 30.5 Å². The summed E-state index contributed by atoms with van der Waals surface area (Å²) in [7, 11) is -2.13. The van der Waals surface area contributed by atoms with Gasteiger partial charge in [-0.2, -0.15) is 4.98 Å². The van der Waals surface area contributed by atoms with Gasteiger partial charge < -0.3 is 16.2 Å². The summed E-state index contributed by atoms with van der Waals surface area (Å²) in [5, 5.41) is 12.2. The first-order valence-corrected chi connectivity index (χ1v) is 7.03. The molecule has 2 rings (SSSR count). The van der Waals surface area contributed by atoms with Crippen molar-refractivity contribution >= 4 is 27.3 Å². The third-order valence-electron chi connectivity index (χ3n) is 2.49. The number of hydrogen-bond donors (Lipinski definition) is 4. The molecule has 0 bridgehead atoms. The van der Waals surface area contributed by atoms with Gasteiger partial charge in [0.1, 0.15) is 5.69 Å². The topological polar surface area (TPSA) is 130 Å². The fourth-order valence-electron chi connectivity index (χ4n) is 1.41. The highest BCUT2D eigenvalue weighted by Gasteiger charge is 2.10. The molecule has 2 aromatic rings. The fourth-order valence-corrected chi connectivity index (χ4v) is 2.14. The number of hydrogen-bond acceptors (Lipinski definition) is 7. The molecule has 1 heterocycles. The van der Waals surface area contributed by atoms with Crippen molar-refractivity contribution in [2.24, 2.45) is 0 Å². The van der Waals surface area contributed by atoms with E-state index in [0.717, 1.165) is 0 Å². The summed E-state index contributed by atoms with van der Waals surface area (Å²) in [5.74, 6) is -0.169. The number of rotatable bonds is 4. The smallest absolute Gasteiger partial charge is 0.240 e. The molecule has 1 aromatic heterocycles. The average molecular weight is 295 g/mol. The molecule has 0 radical (unpaired) electrons. The van der Waals surface area contributed by atoms with Crippen LogP contribution in [0.5, 0.6) is 5.88 Å². The number of aromatic nitrogens is 2. The molecule has 0 aliphatic carbocycles. The fraction of sp³-hybridized carbons (Fsp3) is 0.0909. The van der Waals surface area contributed by atoms with Crippen LogP contribution in [0.1, 0.15) is 0 Å². The van der Waals surface area contributed by atoms with Gasteiger partial charge in [0.2, 0.25) is 21.9 Å². The molecule has 0 spiro atoms. The van der Waals surface area contributed by atoms with Crippen LogP contribution in [0.3, 0.4) is 0 Å². The van der Waals surface area contributed by atoms with Crippen molar-refractivity contribution in [3.8, 4) is 5.88 Å². The molecule has 0 atom stereocenters. The predicted molar refractivity (Wildman–Crippen MR) is 74.1 cm³/mol. The Morgan fingerprint density at radius 1 is 1.25 bits per heavy atom. The minimum atomic E-state index is -3.47. The Morgan fingerprint density at radius 2 is 1.90 bits per heavy atom. The van der Waals surface area contributed by atoms with E-state index >= 15 is 0 Å². The highest BCUT2D eigenvalue weighted by Crippen LogP contribution is 2.20. The number of nitrogen functional groups attached to an aromatic ring is 1. The Balaban J connectivity index is 2.21. The third-order valence-corrected chi connectivity index (χ3v) is 3.92. The zero-order valence-electron chi connectivity index (χ0n) is 10.5. The van der Waals surface area contributed by atoms with E-state index in [1.807, 2.05) is 0 Å². The van der Waals surface area contributed by atoms with Gasteiger partial charge in [0, 0.05) is 5.69 Å². The SMILES string of the molecule is CNS(=O)(=O)c1ccc(Nc2ncc(N)c(O)n2)cc1. The van der Waals surface area contributed by atoms with E-state index < -0.39 is 10.0 Å². The maximum absolute atomic E-state index is 11.5. The minimum Gasteiger partial charge on any atom is -0.492 e. The highest BCUT2D eigenvalue weighted by molar-refractivity contribution is 7.89. The van der Waals surface area contributed by atoms with E-state index in [2.05, 4.69) is 20.0 Å². The van der Waals surface area contributed by atoms with E-state index in [4.69, 9.17) is 5.73 Å². The molecule has 5 N–H and O–H groups in total. The number of sulfonamides is 1. The van der Waals surface area contributed by atoms with E-state index in [9.17, 15) is 13.5 Å². The van der Waals surface area contributed by atoms with Gasteiger partial charge in [0.15, 0.2) is 0 Å². The summed E-state index contributed by atoms with van der Waals surface area (Å²) in [4.78, 5) is 7.76. The Hall–Kier alpha value is -2.39. The van der Waals surface area contributed by atoms with Crippen LogP contribution in [-0.4, -0.2) is 30.5 Å². The van der Waals surface area contributed by atoms with Gasteiger partial charge in [0.05, 0.1) is 11.1 Å². The van der Waals surface area contributed by atoms with Gasteiger partial charge in [-0.05, 0) is 31.3 Å². The molecule has 0 amide bonds. The van der Waals surface area contributed by atoms with Crippen LogP contribution in [0, 0.1) is 0 Å². The summed E-state index contributed by atoms with van der Waals surface area (Å²) in [6.07, 6.45) is 1.27. The van der Waals surface area contributed by atoms with E-state index in [1.165, 1.54) is 25.4 Å². The molecule has 20 heavy (non-hydrogen) atoms. The number of nitrogens with two attached hydrogens (primary N) is 1. The molecule has 8 nitrogen and oxygen atoms in total. The summed E-state index contributed by atoms with van der Waals surface area (Å²) in [6, 6.07) is 5.98. The molecule has 0 fully saturated rings. The van der Waals surface area contributed by atoms with Crippen molar-refractivity contribution in [1.82, 2.24) is 14.7 Å². The first-order valence-electron chi connectivity index (χ1n) is 5.54. The molecule has 9 heteroatoms. The number of nitrogens with zero attached hydrogens (tertiary/aromatic N) is 2. The Labute approximate surface area is 115 Å². The van der Waals surface area contributed by atoms with E-state index in [1.54, 1.807) is 12.1 Å². The van der Waals surface area contributed by atoms with Crippen molar-refractivity contribution in [2.75, 3.05) is 18.1 Å². The molecule has 0 unspecified atom stereocenters. The summed E-state index contributed by atoms with van der Waals surface area (Å²) >= 11 is 0. The molecular formula is C11H13N5O3S. The number of anilines is 3. The lowest BCUT2D eigenvalue weighted by atomic mass is 10.3. The lowest BCUT2D eigenvalue weighted by Gasteiger charge is -2.07. The van der Waals surface area contributed by atoms with E-state index in [-0.39, 0.29) is 22.4 Å². The van der Waals surface area contributed by atoms with Crippen LogP contribution in [0.25, 0.3) is 0 Å². The second-order valence-corrected chi connectivity index (χ2v) is 5.72. The number of aromatic hydroxyl groups is 1. The van der Waals surface area contributed by atoms with Crippen LogP contribution in [0.15, 0.2) is 35.4 Å². The average Bonchev–Trinajstić information content (AvgIpc) is 2.43. The Bertz CT molecular complexity index is 715. The molecule has 1 aromatic carbocycles. The maximum Gasteiger partial charge on any atom is 0.240 e. The largest absolute Gasteiger partial charge is 0.492 e. The second kappa shape index (κ2) is 5.31. The van der Waals surface area contributed by atoms with Crippen LogP contribution in [-0.2, 0) is 10.0 Å². The van der Waals surface area contributed by atoms with Crippen LogP contribution >= 0.6 is 0 Å². The quantitative estimate of drug-likeness (QED) is 0.642. The van der Waals surface area contributed by atoms with Gasteiger partial charge in [0.25, 0.3) is 0 Å². The molecular weight excluding hydrogens is 282 g/mol. The van der Waals surface area contributed by atoms with Crippen molar-refractivity contribution in [3.63, 3.8) is 0 Å². The molecule has 0 saturated carbocycles. The maximum atomic E-state index is 11.5. The number of benzene rings is 1. The monoisotopic (exact) mass is 295 g/mol. The standard InChI is InChI=1S/C11H13N5O3S/c1-13-20(18,19)8-4-2-7(3-5-8)15-11-14-6-9(12)10(17)16-11/h2-6,13H,12H2,1H3,(H2,14,15,16,17). The van der Waals surface area contributed by atoms with Crippen LogP contribution in [0.2, 0.25) is 0 Å². The first kappa shape index (κ1) is 14.0. The third kappa shape index (κ3) is 2.95. The summed E-state index contributed by atoms with van der Waals surface area (Å²) in [5.41, 5.74) is 6.04. The van der Waals surface area contributed by atoms with Crippen LogP contribution in [0.4, 0.5) is 17.3 Å². The highest BCUT2D eigenvalue weighted by atomic mass is 32.2. The number of nitrogens with one attached hydrogen (secondary N) is 2. The zero-order valence-corrected chi connectivity index (χ0v) is 11.3. The molecule has 0 aliphatic rings. The van der Waals surface area contributed by atoms with Gasteiger partial charge in [-0.1, -0.05) is 0 Å². The predicted octanol–water partition coefficient (Wildman–Crippen LogP) is 0.416. The zero-order chi connectivity index (χ0) is 14.8. The minimum absolute atomic E-state index is 0.0750. The van der Waals surface area contributed by atoms with Crippen molar-refractivity contribution in [2.45, 2.75) is 4.90 Å². The van der Waals surface area contributed by atoms with Gasteiger partial charge in [-0.15, -0.1) is 0 Å². The molecule has 106 valence electrons. The van der Waals surface area contributed by atoms with E-state index in [0.29, 0.717) is 5.69 Å². The second-order valence-electron chi connectivity index (χ2n) is 3.83. The summed E-state index contributed by atoms with van der Waals surface area (Å²) in [6.45, 7) is 0.